The van der Waals surface area contributed by atoms with Crippen molar-refractivity contribution in [1.29, 1.82) is 0 Å². The number of piperidine rings is 1. The quantitative estimate of drug-likeness (QED) is 0.363. The zero-order valence-corrected chi connectivity index (χ0v) is 25.6. The maximum atomic E-state index is 13.9. The number of anilines is 1. The van der Waals surface area contributed by atoms with Crippen LogP contribution in [0.5, 0.6) is 5.75 Å². The highest BCUT2D eigenvalue weighted by atomic mass is 32.1. The van der Waals surface area contributed by atoms with Gasteiger partial charge in [0.2, 0.25) is 5.91 Å². The molecular weight excluding hydrogens is 544 g/mol. The van der Waals surface area contributed by atoms with Crippen LogP contribution >= 0.6 is 11.3 Å². The van der Waals surface area contributed by atoms with Gasteiger partial charge in [-0.2, -0.15) is 11.3 Å². The van der Waals surface area contributed by atoms with Crippen LogP contribution in [-0.2, 0) is 16.1 Å². The molecule has 3 heterocycles. The Bertz CT molecular complexity index is 1360. The fourth-order valence-electron chi connectivity index (χ4n) is 6.18. The highest BCUT2D eigenvalue weighted by molar-refractivity contribution is 7.08. The molecule has 8 heteroatoms. The van der Waals surface area contributed by atoms with Crippen LogP contribution in [-0.4, -0.2) is 72.5 Å². The van der Waals surface area contributed by atoms with Crippen LogP contribution in [0.4, 0.5) is 5.69 Å². The highest BCUT2D eigenvalue weighted by Crippen LogP contribution is 2.34. The molecule has 7 nitrogen and oxygen atoms in total. The van der Waals surface area contributed by atoms with Gasteiger partial charge in [0, 0.05) is 63.6 Å². The summed E-state index contributed by atoms with van der Waals surface area (Å²) >= 11 is 1.71. The third-order valence-electron chi connectivity index (χ3n) is 8.68. The molecule has 0 unspecified atom stereocenters. The standard InChI is InChI=1S/C34H42N4O3S/c1-34(2,33(40)36-18-15-35-16-19-36)41-31-7-3-6-30(21-31)37-17-4-5-27(23-37)32(39)38(29-12-13-29)22-25-8-10-26(11-9-25)28-14-20-42-24-28/h3,6-11,14,20-21,24,27,29,35H,4-5,12-13,15-19,22-23H2,1-2H3/t27-/m1/s1. The van der Waals surface area contributed by atoms with E-state index in [1.165, 1.54) is 16.7 Å². The van der Waals surface area contributed by atoms with Crippen LogP contribution in [0.3, 0.4) is 0 Å². The average Bonchev–Trinajstić information content (AvgIpc) is 3.72. The number of rotatable bonds is 9. The van der Waals surface area contributed by atoms with Crippen molar-refractivity contribution in [3.05, 3.63) is 70.9 Å². The van der Waals surface area contributed by atoms with Crippen LogP contribution < -0.4 is 15.0 Å². The number of nitrogens with one attached hydrogen (secondary N) is 1. The van der Waals surface area contributed by atoms with E-state index in [0.717, 1.165) is 51.0 Å². The number of nitrogens with zero attached hydrogens (tertiary/aromatic N) is 3. The Labute approximate surface area is 253 Å². The molecule has 2 amide bonds. The van der Waals surface area contributed by atoms with Crippen molar-refractivity contribution in [3.8, 4) is 16.9 Å². The molecule has 2 saturated heterocycles. The third kappa shape index (κ3) is 6.65. The summed E-state index contributed by atoms with van der Waals surface area (Å²) in [6.45, 7) is 9.00. The van der Waals surface area contributed by atoms with Crippen molar-refractivity contribution in [2.75, 3.05) is 44.2 Å². The first-order chi connectivity index (χ1) is 20.4. The molecule has 3 aromatic rings. The van der Waals surface area contributed by atoms with Crippen LogP contribution in [0.25, 0.3) is 11.1 Å². The van der Waals surface area contributed by atoms with Gasteiger partial charge in [-0.05, 0) is 85.2 Å². The molecule has 1 saturated carbocycles. The number of benzene rings is 2. The Kier molecular flexibility index (Phi) is 8.54. The number of carbonyl (C=O) groups is 2. The van der Waals surface area contributed by atoms with Crippen LogP contribution in [0.1, 0.15) is 45.1 Å². The molecule has 2 aromatic carbocycles. The van der Waals surface area contributed by atoms with Crippen molar-refractivity contribution in [1.82, 2.24) is 15.1 Å². The van der Waals surface area contributed by atoms with Crippen molar-refractivity contribution in [2.45, 2.75) is 57.7 Å². The lowest BCUT2D eigenvalue weighted by Crippen LogP contribution is -2.54. The van der Waals surface area contributed by atoms with E-state index in [9.17, 15) is 9.59 Å². The summed E-state index contributed by atoms with van der Waals surface area (Å²) in [6, 6.07) is 19.2. The van der Waals surface area contributed by atoms with Crippen molar-refractivity contribution in [3.63, 3.8) is 0 Å². The van der Waals surface area contributed by atoms with Gasteiger partial charge in [0.25, 0.3) is 5.91 Å². The van der Waals surface area contributed by atoms with Crippen molar-refractivity contribution < 1.29 is 14.3 Å². The first kappa shape index (κ1) is 28.7. The lowest BCUT2D eigenvalue weighted by Gasteiger charge is -2.37. The van der Waals surface area contributed by atoms with Gasteiger partial charge in [-0.3, -0.25) is 9.59 Å². The van der Waals surface area contributed by atoms with Gasteiger partial charge >= 0.3 is 0 Å². The molecule has 0 bridgehead atoms. The Hall–Kier alpha value is -3.36. The maximum absolute atomic E-state index is 13.9. The monoisotopic (exact) mass is 586 g/mol. The van der Waals surface area contributed by atoms with Gasteiger partial charge in [0.1, 0.15) is 5.75 Å². The molecule has 42 heavy (non-hydrogen) atoms. The number of hydrogen-bond acceptors (Lipinski definition) is 6. The van der Waals surface area contributed by atoms with E-state index in [0.29, 0.717) is 38.0 Å². The lowest BCUT2D eigenvalue weighted by molar-refractivity contribution is -0.146. The Balaban J connectivity index is 1.10. The topological polar surface area (TPSA) is 65.1 Å². The maximum Gasteiger partial charge on any atom is 0.266 e. The number of carbonyl (C=O) groups excluding carboxylic acids is 2. The summed E-state index contributed by atoms with van der Waals surface area (Å²) in [7, 11) is 0. The second-order valence-electron chi connectivity index (χ2n) is 12.3. The third-order valence-corrected chi connectivity index (χ3v) is 9.36. The van der Waals surface area contributed by atoms with Crippen molar-refractivity contribution in [2.24, 2.45) is 5.92 Å². The Morgan fingerprint density at radius 2 is 1.79 bits per heavy atom. The Morgan fingerprint density at radius 3 is 2.50 bits per heavy atom. The normalized spacial score (nSPS) is 19.4. The predicted octanol–water partition coefficient (Wildman–Crippen LogP) is 5.41. The SMILES string of the molecule is CC(C)(Oc1cccc(N2CCC[C@@H](C(=O)N(Cc3ccc(-c4ccsc4)cc3)C3CC3)C2)c1)C(=O)N1CCNCC1. The first-order valence-corrected chi connectivity index (χ1v) is 16.3. The number of hydrogen-bond donors (Lipinski definition) is 1. The minimum Gasteiger partial charge on any atom is -0.478 e. The molecule has 0 spiro atoms. The molecule has 1 atom stereocenters. The molecule has 3 fully saturated rings. The predicted molar refractivity (Wildman–Crippen MR) is 169 cm³/mol. The van der Waals surface area contributed by atoms with E-state index in [1.54, 1.807) is 11.3 Å². The number of thiophene rings is 1. The summed E-state index contributed by atoms with van der Waals surface area (Å²) in [5, 5.41) is 7.56. The van der Waals surface area contributed by atoms with E-state index in [-0.39, 0.29) is 17.7 Å². The lowest BCUT2D eigenvalue weighted by atomic mass is 9.95. The summed E-state index contributed by atoms with van der Waals surface area (Å²) in [5.74, 6) is 0.943. The molecule has 1 aliphatic carbocycles. The fraction of sp³-hybridized carbons (Fsp3) is 0.471. The molecule has 222 valence electrons. The molecule has 0 radical (unpaired) electrons. The van der Waals surface area contributed by atoms with Crippen molar-refractivity contribution >= 4 is 28.8 Å². The van der Waals surface area contributed by atoms with E-state index >= 15 is 0 Å². The van der Waals surface area contributed by atoms with Crippen LogP contribution in [0.2, 0.25) is 0 Å². The number of piperazine rings is 1. The molecule has 2 aliphatic heterocycles. The van der Waals surface area contributed by atoms with Gasteiger partial charge in [-0.1, -0.05) is 30.3 Å². The highest BCUT2D eigenvalue weighted by Gasteiger charge is 2.38. The molecule has 3 aliphatic rings. The second kappa shape index (κ2) is 12.5. The van der Waals surface area contributed by atoms with Crippen LogP contribution in [0.15, 0.2) is 65.4 Å². The zero-order chi connectivity index (χ0) is 29.1. The summed E-state index contributed by atoms with van der Waals surface area (Å²) in [5.41, 5.74) is 3.73. The van der Waals surface area contributed by atoms with Crippen LogP contribution in [0, 0.1) is 5.92 Å². The minimum atomic E-state index is -0.955. The fourth-order valence-corrected chi connectivity index (χ4v) is 6.84. The summed E-state index contributed by atoms with van der Waals surface area (Å²) < 4.78 is 6.29. The summed E-state index contributed by atoms with van der Waals surface area (Å²) in [4.78, 5) is 33.4. The molecular formula is C34H42N4O3S. The number of amides is 2. The molecule has 6 rings (SSSR count). The van der Waals surface area contributed by atoms with Gasteiger partial charge in [-0.25, -0.2) is 0 Å². The van der Waals surface area contributed by atoms with E-state index in [2.05, 4.69) is 62.3 Å². The average molecular weight is 587 g/mol. The van der Waals surface area contributed by atoms with E-state index in [1.807, 2.05) is 36.9 Å². The largest absolute Gasteiger partial charge is 0.478 e. The smallest absolute Gasteiger partial charge is 0.266 e. The zero-order valence-electron chi connectivity index (χ0n) is 24.8. The summed E-state index contributed by atoms with van der Waals surface area (Å²) in [6.07, 6.45) is 4.08. The van der Waals surface area contributed by atoms with Gasteiger partial charge in [0.15, 0.2) is 5.60 Å². The molecule has 1 N–H and O–H groups in total. The minimum absolute atomic E-state index is 0.0132. The van der Waals surface area contributed by atoms with E-state index < -0.39 is 5.60 Å². The molecule has 1 aromatic heterocycles. The van der Waals surface area contributed by atoms with Gasteiger partial charge in [0.05, 0.1) is 5.92 Å². The second-order valence-corrected chi connectivity index (χ2v) is 13.1. The van der Waals surface area contributed by atoms with E-state index in [4.69, 9.17) is 4.74 Å². The first-order valence-electron chi connectivity index (χ1n) is 15.3. The Morgan fingerprint density at radius 1 is 1.00 bits per heavy atom. The van der Waals surface area contributed by atoms with Gasteiger partial charge in [-0.15, -0.1) is 0 Å². The van der Waals surface area contributed by atoms with Gasteiger partial charge < -0.3 is 24.8 Å². The number of ether oxygens (including phenoxy) is 1.